The first kappa shape index (κ1) is 14.9. The van der Waals surface area contributed by atoms with Crippen LogP contribution in [0.25, 0.3) is 6.08 Å². The van der Waals surface area contributed by atoms with Gasteiger partial charge in [-0.3, -0.25) is 0 Å². The number of hydrogen-bond donors (Lipinski definition) is 0. The Labute approximate surface area is 141 Å². The van der Waals surface area contributed by atoms with Crippen LogP contribution >= 0.6 is 0 Å². The van der Waals surface area contributed by atoms with Crippen LogP contribution in [0.2, 0.25) is 0 Å². The standard InChI is InChI=1S/C20H20O4/c1-4-5-13-8-15-12(2)19(24-20(15)18(9-13)21-3)14-6-7-16-17(10-14)23-11-22-16/h4-10,12,19H,11H2,1-3H3/t12-,19+/m0/s1. The van der Waals surface area contributed by atoms with Crippen LogP contribution in [0.3, 0.4) is 0 Å². The van der Waals surface area contributed by atoms with E-state index in [1.165, 1.54) is 5.56 Å². The van der Waals surface area contributed by atoms with E-state index in [0.29, 0.717) is 0 Å². The second-order valence-corrected chi connectivity index (χ2v) is 6.08. The third kappa shape index (κ3) is 2.30. The Hall–Kier alpha value is -2.62. The van der Waals surface area contributed by atoms with Crippen LogP contribution < -0.4 is 18.9 Å². The Morgan fingerprint density at radius 1 is 1.12 bits per heavy atom. The summed E-state index contributed by atoms with van der Waals surface area (Å²) < 4.78 is 22.7. The van der Waals surface area contributed by atoms with Gasteiger partial charge >= 0.3 is 0 Å². The van der Waals surface area contributed by atoms with Gasteiger partial charge in [-0.2, -0.15) is 0 Å². The average Bonchev–Trinajstić information content (AvgIpc) is 3.19. The maximum atomic E-state index is 6.27. The zero-order valence-electron chi connectivity index (χ0n) is 14.0. The third-order valence-electron chi connectivity index (χ3n) is 4.60. The van der Waals surface area contributed by atoms with Crippen molar-refractivity contribution in [3.8, 4) is 23.0 Å². The summed E-state index contributed by atoms with van der Waals surface area (Å²) in [6.07, 6.45) is 4.03. The normalized spacial score (nSPS) is 21.0. The number of allylic oxidation sites excluding steroid dienone is 1. The molecule has 2 aromatic carbocycles. The van der Waals surface area contributed by atoms with Crippen LogP contribution in [-0.4, -0.2) is 13.9 Å². The Morgan fingerprint density at radius 2 is 1.96 bits per heavy atom. The molecule has 0 aromatic heterocycles. The van der Waals surface area contributed by atoms with Gasteiger partial charge < -0.3 is 18.9 Å². The number of hydrogen-bond acceptors (Lipinski definition) is 4. The molecular weight excluding hydrogens is 304 g/mol. The lowest BCUT2D eigenvalue weighted by Crippen LogP contribution is -2.07. The minimum atomic E-state index is -0.0655. The fraction of sp³-hybridized carbons (Fsp3) is 0.300. The molecule has 0 saturated carbocycles. The molecule has 4 nitrogen and oxygen atoms in total. The van der Waals surface area contributed by atoms with Gasteiger partial charge in [0.15, 0.2) is 23.0 Å². The summed E-state index contributed by atoms with van der Waals surface area (Å²) in [4.78, 5) is 0. The van der Waals surface area contributed by atoms with Crippen LogP contribution in [0.5, 0.6) is 23.0 Å². The summed E-state index contributed by atoms with van der Waals surface area (Å²) in [5.74, 6) is 3.40. The molecule has 4 rings (SSSR count). The van der Waals surface area contributed by atoms with Crippen molar-refractivity contribution < 1.29 is 18.9 Å². The molecule has 2 aromatic rings. The predicted octanol–water partition coefficient (Wildman–Crippen LogP) is 4.69. The van der Waals surface area contributed by atoms with E-state index in [9.17, 15) is 0 Å². The summed E-state index contributed by atoms with van der Waals surface area (Å²) in [5, 5.41) is 0. The van der Waals surface area contributed by atoms with Gasteiger partial charge in [-0.25, -0.2) is 0 Å². The fourth-order valence-corrected chi connectivity index (χ4v) is 3.39. The topological polar surface area (TPSA) is 36.9 Å². The monoisotopic (exact) mass is 324 g/mol. The van der Waals surface area contributed by atoms with E-state index in [0.717, 1.165) is 34.1 Å². The fourth-order valence-electron chi connectivity index (χ4n) is 3.39. The van der Waals surface area contributed by atoms with E-state index in [1.54, 1.807) is 7.11 Å². The number of rotatable bonds is 3. The minimum Gasteiger partial charge on any atom is -0.493 e. The number of benzene rings is 2. The summed E-state index contributed by atoms with van der Waals surface area (Å²) in [6, 6.07) is 10.2. The molecule has 0 fully saturated rings. The molecule has 2 heterocycles. The van der Waals surface area contributed by atoms with Gasteiger partial charge in [0.25, 0.3) is 0 Å². The molecule has 124 valence electrons. The Bertz CT molecular complexity index is 810. The SMILES string of the molecule is CC=Cc1cc(OC)c2c(c1)[C@H](C)[C@H](c1ccc3c(c1)OCO3)O2. The van der Waals surface area contributed by atoms with Crippen molar-refractivity contribution in [2.75, 3.05) is 13.9 Å². The van der Waals surface area contributed by atoms with Crippen molar-refractivity contribution in [2.45, 2.75) is 25.9 Å². The molecule has 0 N–H and O–H groups in total. The molecule has 0 radical (unpaired) electrons. The maximum Gasteiger partial charge on any atom is 0.231 e. The summed E-state index contributed by atoms with van der Waals surface area (Å²) >= 11 is 0. The van der Waals surface area contributed by atoms with E-state index in [2.05, 4.69) is 19.1 Å². The molecule has 24 heavy (non-hydrogen) atoms. The van der Waals surface area contributed by atoms with E-state index in [4.69, 9.17) is 18.9 Å². The lowest BCUT2D eigenvalue weighted by molar-refractivity contribution is 0.173. The highest BCUT2D eigenvalue weighted by molar-refractivity contribution is 5.62. The van der Waals surface area contributed by atoms with Gasteiger partial charge in [0.05, 0.1) is 7.11 Å². The molecule has 0 aliphatic carbocycles. The highest BCUT2D eigenvalue weighted by Crippen LogP contribution is 2.51. The molecule has 0 spiro atoms. The zero-order valence-corrected chi connectivity index (χ0v) is 14.0. The van der Waals surface area contributed by atoms with Crippen molar-refractivity contribution in [3.63, 3.8) is 0 Å². The number of fused-ring (bicyclic) bond motifs is 2. The molecule has 0 saturated heterocycles. The summed E-state index contributed by atoms with van der Waals surface area (Å²) in [5.41, 5.74) is 3.37. The lowest BCUT2D eigenvalue weighted by atomic mass is 9.91. The minimum absolute atomic E-state index is 0.0655. The first-order valence-electron chi connectivity index (χ1n) is 8.12. The van der Waals surface area contributed by atoms with Crippen LogP contribution in [0.15, 0.2) is 36.4 Å². The van der Waals surface area contributed by atoms with Gasteiger partial charge in [0.1, 0.15) is 6.10 Å². The van der Waals surface area contributed by atoms with Crippen LogP contribution in [0.4, 0.5) is 0 Å². The Kier molecular flexibility index (Phi) is 3.60. The largest absolute Gasteiger partial charge is 0.493 e. The van der Waals surface area contributed by atoms with Gasteiger partial charge in [0, 0.05) is 11.5 Å². The smallest absolute Gasteiger partial charge is 0.231 e. The summed E-state index contributed by atoms with van der Waals surface area (Å²) in [7, 11) is 1.68. The first-order valence-corrected chi connectivity index (χ1v) is 8.12. The molecule has 2 atom stereocenters. The number of ether oxygens (including phenoxy) is 4. The van der Waals surface area contributed by atoms with E-state index < -0.39 is 0 Å². The van der Waals surface area contributed by atoms with Crippen LogP contribution in [0, 0.1) is 0 Å². The van der Waals surface area contributed by atoms with Crippen molar-refractivity contribution >= 4 is 6.08 Å². The van der Waals surface area contributed by atoms with Gasteiger partial charge in [-0.15, -0.1) is 0 Å². The molecular formula is C20H20O4. The predicted molar refractivity (Wildman–Crippen MR) is 92.1 cm³/mol. The average molecular weight is 324 g/mol. The molecule has 4 heteroatoms. The zero-order chi connectivity index (χ0) is 16.7. The molecule has 2 aliphatic heterocycles. The van der Waals surface area contributed by atoms with E-state index in [1.807, 2.05) is 37.3 Å². The highest BCUT2D eigenvalue weighted by Gasteiger charge is 2.35. The third-order valence-corrected chi connectivity index (χ3v) is 4.60. The maximum absolute atomic E-state index is 6.27. The molecule has 0 bridgehead atoms. The Balaban J connectivity index is 1.73. The first-order chi connectivity index (χ1) is 11.7. The Morgan fingerprint density at radius 3 is 2.75 bits per heavy atom. The second kappa shape index (κ2) is 5.78. The van der Waals surface area contributed by atoms with Gasteiger partial charge in [0.2, 0.25) is 6.79 Å². The van der Waals surface area contributed by atoms with Gasteiger partial charge in [-0.05, 0) is 42.3 Å². The lowest BCUT2D eigenvalue weighted by Gasteiger charge is -2.16. The van der Waals surface area contributed by atoms with Crippen molar-refractivity contribution in [2.24, 2.45) is 0 Å². The number of methoxy groups -OCH3 is 1. The van der Waals surface area contributed by atoms with Crippen LogP contribution in [-0.2, 0) is 0 Å². The molecule has 2 aliphatic rings. The quantitative estimate of drug-likeness (QED) is 0.820. The van der Waals surface area contributed by atoms with E-state index >= 15 is 0 Å². The highest BCUT2D eigenvalue weighted by atomic mass is 16.7. The summed E-state index contributed by atoms with van der Waals surface area (Å²) in [6.45, 7) is 4.47. The molecule has 0 amide bonds. The van der Waals surface area contributed by atoms with Crippen molar-refractivity contribution in [1.82, 2.24) is 0 Å². The van der Waals surface area contributed by atoms with Crippen LogP contribution in [0.1, 0.15) is 42.6 Å². The van der Waals surface area contributed by atoms with Crippen molar-refractivity contribution in [3.05, 3.63) is 53.1 Å². The second-order valence-electron chi connectivity index (χ2n) is 6.08. The van der Waals surface area contributed by atoms with E-state index in [-0.39, 0.29) is 18.8 Å². The molecule has 0 unspecified atom stereocenters. The van der Waals surface area contributed by atoms with Crippen molar-refractivity contribution in [1.29, 1.82) is 0 Å². The van der Waals surface area contributed by atoms with Gasteiger partial charge in [-0.1, -0.05) is 25.1 Å².